The van der Waals surface area contributed by atoms with Crippen LogP contribution in [0, 0.1) is 0 Å². The van der Waals surface area contributed by atoms with Crippen LogP contribution in [0.5, 0.6) is 0 Å². The highest BCUT2D eigenvalue weighted by Crippen LogP contribution is 2.20. The van der Waals surface area contributed by atoms with E-state index in [1.807, 2.05) is 55.4 Å². The lowest BCUT2D eigenvalue weighted by molar-refractivity contribution is 0.597. The summed E-state index contributed by atoms with van der Waals surface area (Å²) >= 11 is 0. The Balaban J connectivity index is 1.88. The Morgan fingerprint density at radius 2 is 1.88 bits per heavy atom. The zero-order valence-corrected chi connectivity index (χ0v) is 15.0. The lowest BCUT2D eigenvalue weighted by atomic mass is 10.2. The first kappa shape index (κ1) is 17.5. The van der Waals surface area contributed by atoms with Gasteiger partial charge in [-0.05, 0) is 47.5 Å². The second kappa shape index (κ2) is 6.91. The van der Waals surface area contributed by atoms with Gasteiger partial charge in [0.15, 0.2) is 0 Å². The van der Waals surface area contributed by atoms with Crippen LogP contribution in [0.3, 0.4) is 0 Å². The second-order valence-corrected chi connectivity index (χ2v) is 7.35. The average Bonchev–Trinajstić information content (AvgIpc) is 3.02. The molecule has 1 aromatic heterocycles. The fourth-order valence-electron chi connectivity index (χ4n) is 2.40. The Morgan fingerprint density at radius 1 is 1.15 bits per heavy atom. The minimum absolute atomic E-state index is 0.0822. The number of fused-ring (bicyclic) bond motifs is 1. The first-order chi connectivity index (χ1) is 12.4. The van der Waals surface area contributed by atoms with Gasteiger partial charge in [0.2, 0.25) is 0 Å². The van der Waals surface area contributed by atoms with Crippen molar-refractivity contribution in [2.45, 2.75) is 4.90 Å². The van der Waals surface area contributed by atoms with Gasteiger partial charge in [0, 0.05) is 29.2 Å². The van der Waals surface area contributed by atoms with E-state index in [0.717, 1.165) is 11.3 Å². The molecule has 9 heteroatoms. The number of sulfonamides is 1. The van der Waals surface area contributed by atoms with Crippen molar-refractivity contribution in [3.63, 3.8) is 0 Å². The van der Waals surface area contributed by atoms with Gasteiger partial charge < -0.3 is 9.88 Å². The fraction of sp³-hybridized carbons (Fsp3) is 0.118. The minimum atomic E-state index is -4.02. The highest BCUT2D eigenvalue weighted by Gasteiger charge is 2.13. The van der Waals surface area contributed by atoms with E-state index < -0.39 is 10.0 Å². The number of anilines is 1. The van der Waals surface area contributed by atoms with Gasteiger partial charge in [-0.3, -0.25) is 0 Å². The van der Waals surface area contributed by atoms with Crippen molar-refractivity contribution in [1.29, 1.82) is 0 Å². The predicted molar refractivity (Wildman–Crippen MR) is 102 cm³/mol. The van der Waals surface area contributed by atoms with Gasteiger partial charge in [-0.15, -0.1) is 0 Å². The number of nitrogens with one attached hydrogen (secondary N) is 1. The summed E-state index contributed by atoms with van der Waals surface area (Å²) in [5.74, 6) is 0.593. The highest BCUT2D eigenvalue weighted by molar-refractivity contribution is 7.90. The molecule has 0 amide bonds. The Labute approximate surface area is 150 Å². The number of hydrogen-bond acceptors (Lipinski definition) is 4. The van der Waals surface area contributed by atoms with E-state index in [2.05, 4.69) is 19.4 Å². The molecule has 0 atom stereocenters. The molecule has 0 aliphatic heterocycles. The largest absolute Gasteiger partial charge is 0.378 e. The zero-order chi connectivity index (χ0) is 18.7. The molecule has 1 heterocycles. The summed E-state index contributed by atoms with van der Waals surface area (Å²) in [6.45, 7) is 0. The number of benzene rings is 2. The number of aromatic amines is 1. The van der Waals surface area contributed by atoms with E-state index in [-0.39, 0.29) is 4.90 Å². The van der Waals surface area contributed by atoms with Crippen LogP contribution in [-0.4, -0.2) is 32.5 Å². The van der Waals surface area contributed by atoms with Gasteiger partial charge in [-0.25, -0.2) is 13.4 Å². The molecule has 8 nitrogen and oxygen atoms in total. The molecule has 3 rings (SSSR count). The van der Waals surface area contributed by atoms with Crippen molar-refractivity contribution in [1.82, 2.24) is 9.97 Å². The quantitative estimate of drug-likeness (QED) is 0.419. The Morgan fingerprint density at radius 3 is 2.54 bits per heavy atom. The van der Waals surface area contributed by atoms with Crippen molar-refractivity contribution < 1.29 is 8.42 Å². The smallest absolute Gasteiger partial charge is 0.264 e. The van der Waals surface area contributed by atoms with Crippen LogP contribution >= 0.6 is 0 Å². The molecule has 0 radical (unpaired) electrons. The van der Waals surface area contributed by atoms with Gasteiger partial charge >= 0.3 is 0 Å². The SMILES string of the molecule is CN(C)c1ccc(/C=C/c2nc3ccc(S(=O)(=O)N=[N+]=[N-])cc3[nH]2)cc1. The highest BCUT2D eigenvalue weighted by atomic mass is 32.2. The van der Waals surface area contributed by atoms with Crippen LogP contribution in [0.15, 0.2) is 51.9 Å². The third kappa shape index (κ3) is 3.69. The summed E-state index contributed by atoms with van der Waals surface area (Å²) < 4.78 is 26.4. The van der Waals surface area contributed by atoms with E-state index in [4.69, 9.17) is 5.53 Å². The minimum Gasteiger partial charge on any atom is -0.378 e. The number of azide groups is 1. The molecule has 132 valence electrons. The third-order valence-corrected chi connectivity index (χ3v) is 4.89. The zero-order valence-electron chi connectivity index (χ0n) is 14.2. The van der Waals surface area contributed by atoms with Gasteiger partial charge in [0.05, 0.1) is 15.9 Å². The Hall–Kier alpha value is -3.29. The van der Waals surface area contributed by atoms with Gasteiger partial charge in [0.1, 0.15) is 5.82 Å². The standard InChI is InChI=1S/C17H16N6O2S/c1-23(2)13-6-3-12(4-7-13)5-10-17-19-15-9-8-14(11-16(15)20-17)26(24,25)22-21-18/h3-11H,1-2H3,(H,19,20)/b10-5+. The van der Waals surface area contributed by atoms with Crippen LogP contribution in [0.4, 0.5) is 5.69 Å². The summed E-state index contributed by atoms with van der Waals surface area (Å²) in [7, 11) is -0.0569. The van der Waals surface area contributed by atoms with Crippen LogP contribution in [0.1, 0.15) is 11.4 Å². The average molecular weight is 368 g/mol. The predicted octanol–water partition coefficient (Wildman–Crippen LogP) is 3.80. The third-order valence-electron chi connectivity index (χ3n) is 3.76. The molecule has 3 aromatic rings. The van der Waals surface area contributed by atoms with Crippen LogP contribution in [-0.2, 0) is 10.0 Å². The van der Waals surface area contributed by atoms with Crippen molar-refractivity contribution >= 4 is 38.9 Å². The van der Waals surface area contributed by atoms with E-state index in [0.29, 0.717) is 16.9 Å². The van der Waals surface area contributed by atoms with E-state index in [9.17, 15) is 8.42 Å². The van der Waals surface area contributed by atoms with E-state index in [1.54, 1.807) is 6.07 Å². The summed E-state index contributed by atoms with van der Waals surface area (Å²) in [5.41, 5.74) is 11.6. The molecule has 0 aliphatic rings. The number of aromatic nitrogens is 2. The lowest BCUT2D eigenvalue weighted by Gasteiger charge is -2.11. The first-order valence-electron chi connectivity index (χ1n) is 7.66. The normalized spacial score (nSPS) is 11.6. The Bertz CT molecular complexity index is 1120. The molecule has 0 unspecified atom stereocenters. The van der Waals surface area contributed by atoms with Crippen LogP contribution < -0.4 is 4.90 Å². The van der Waals surface area contributed by atoms with Gasteiger partial charge in [-0.1, -0.05) is 18.2 Å². The molecule has 0 fully saturated rings. The van der Waals surface area contributed by atoms with E-state index >= 15 is 0 Å². The molecule has 0 aliphatic carbocycles. The summed E-state index contributed by atoms with van der Waals surface area (Å²) in [6, 6.07) is 12.4. The first-order valence-corrected chi connectivity index (χ1v) is 9.10. The van der Waals surface area contributed by atoms with Gasteiger partial charge in [0.25, 0.3) is 10.0 Å². The molecule has 0 saturated heterocycles. The molecule has 0 spiro atoms. The van der Waals surface area contributed by atoms with E-state index in [1.165, 1.54) is 12.1 Å². The number of imidazole rings is 1. The summed E-state index contributed by atoms with van der Waals surface area (Å²) in [5, 5.41) is 0. The number of H-pyrrole nitrogens is 1. The Kier molecular flexibility index (Phi) is 4.66. The lowest BCUT2D eigenvalue weighted by Crippen LogP contribution is -2.07. The maximum atomic E-state index is 11.8. The molecule has 0 saturated carbocycles. The maximum absolute atomic E-state index is 11.8. The van der Waals surface area contributed by atoms with Gasteiger partial charge in [-0.2, -0.15) is 0 Å². The van der Waals surface area contributed by atoms with Crippen molar-refractivity contribution in [2.24, 2.45) is 4.52 Å². The summed E-state index contributed by atoms with van der Waals surface area (Å²) in [4.78, 5) is 11.7. The maximum Gasteiger partial charge on any atom is 0.264 e. The van der Waals surface area contributed by atoms with Crippen molar-refractivity contribution in [2.75, 3.05) is 19.0 Å². The summed E-state index contributed by atoms with van der Waals surface area (Å²) in [6.07, 6.45) is 3.72. The number of nitrogens with zero attached hydrogens (tertiary/aromatic N) is 5. The monoisotopic (exact) mass is 368 g/mol. The molecule has 1 N–H and O–H groups in total. The molecular formula is C17H16N6O2S. The molecule has 2 aromatic carbocycles. The molecular weight excluding hydrogens is 352 g/mol. The topological polar surface area (TPSA) is 115 Å². The fourth-order valence-corrected chi connectivity index (χ4v) is 3.10. The molecule has 26 heavy (non-hydrogen) atoms. The second-order valence-electron chi connectivity index (χ2n) is 5.77. The van der Waals surface area contributed by atoms with Crippen LogP contribution in [0.25, 0.3) is 33.6 Å². The molecule has 0 bridgehead atoms. The van der Waals surface area contributed by atoms with Crippen LogP contribution in [0.2, 0.25) is 0 Å². The van der Waals surface area contributed by atoms with Crippen molar-refractivity contribution in [3.8, 4) is 0 Å². The van der Waals surface area contributed by atoms with Crippen molar-refractivity contribution in [3.05, 3.63) is 64.3 Å². The number of hydrogen-bond donors (Lipinski definition) is 1. The number of rotatable bonds is 5.